The predicted molar refractivity (Wildman–Crippen MR) is 125 cm³/mol. The molecule has 4 aromatic rings. The summed E-state index contributed by atoms with van der Waals surface area (Å²) in [6.45, 7) is 2.22. The van der Waals surface area contributed by atoms with Gasteiger partial charge in [0, 0.05) is 59.4 Å². The molecule has 1 aromatic carbocycles. The predicted octanol–water partition coefficient (Wildman–Crippen LogP) is 3.36. The second-order valence-corrected chi connectivity index (χ2v) is 9.71. The van der Waals surface area contributed by atoms with Crippen LogP contribution in [0.5, 0.6) is 0 Å². The third-order valence-electron chi connectivity index (χ3n) is 6.47. The lowest BCUT2D eigenvalue weighted by Gasteiger charge is -2.28. The summed E-state index contributed by atoms with van der Waals surface area (Å²) in [5.41, 5.74) is 3.99. The van der Waals surface area contributed by atoms with E-state index >= 15 is 0 Å². The SMILES string of the molecule is O=C(NCc1nccs1)c1nn(CC2CC2)c2c1CN(C(=O)c1c[nH]c3ccccc13)CC2. The van der Waals surface area contributed by atoms with Crippen LogP contribution in [-0.4, -0.2) is 43.0 Å². The lowest BCUT2D eigenvalue weighted by molar-refractivity contribution is 0.0732. The van der Waals surface area contributed by atoms with Gasteiger partial charge in [0.15, 0.2) is 5.69 Å². The third kappa shape index (κ3) is 3.82. The van der Waals surface area contributed by atoms with Gasteiger partial charge < -0.3 is 15.2 Å². The van der Waals surface area contributed by atoms with Gasteiger partial charge in [-0.1, -0.05) is 18.2 Å². The molecule has 3 aromatic heterocycles. The first-order valence-corrected chi connectivity index (χ1v) is 12.2. The number of hydrogen-bond acceptors (Lipinski definition) is 5. The maximum Gasteiger partial charge on any atom is 0.272 e. The number of benzene rings is 1. The van der Waals surface area contributed by atoms with E-state index < -0.39 is 0 Å². The number of thiazole rings is 1. The molecule has 0 bridgehead atoms. The molecule has 4 heterocycles. The molecule has 0 unspecified atom stereocenters. The number of para-hydroxylation sites is 1. The van der Waals surface area contributed by atoms with Crippen LogP contribution in [0.25, 0.3) is 10.9 Å². The van der Waals surface area contributed by atoms with Crippen molar-refractivity contribution in [1.29, 1.82) is 0 Å². The van der Waals surface area contributed by atoms with E-state index in [-0.39, 0.29) is 11.8 Å². The number of nitrogens with zero attached hydrogens (tertiary/aromatic N) is 4. The van der Waals surface area contributed by atoms with Crippen LogP contribution in [0.2, 0.25) is 0 Å². The number of aromatic nitrogens is 4. The second kappa shape index (κ2) is 8.15. The molecule has 168 valence electrons. The minimum Gasteiger partial charge on any atom is -0.360 e. The van der Waals surface area contributed by atoms with E-state index in [4.69, 9.17) is 5.10 Å². The molecule has 2 amide bonds. The zero-order chi connectivity index (χ0) is 22.4. The molecule has 1 aliphatic carbocycles. The van der Waals surface area contributed by atoms with Crippen molar-refractivity contribution in [3.05, 3.63) is 69.6 Å². The zero-order valence-electron chi connectivity index (χ0n) is 18.1. The Morgan fingerprint density at radius 3 is 2.94 bits per heavy atom. The summed E-state index contributed by atoms with van der Waals surface area (Å²) in [4.78, 5) is 35.8. The van der Waals surface area contributed by atoms with Crippen molar-refractivity contribution in [1.82, 2.24) is 30.0 Å². The Hall–Kier alpha value is -3.46. The fourth-order valence-corrected chi connectivity index (χ4v) is 5.10. The Labute approximate surface area is 194 Å². The quantitative estimate of drug-likeness (QED) is 0.461. The van der Waals surface area contributed by atoms with Gasteiger partial charge in [-0.2, -0.15) is 5.10 Å². The molecule has 0 radical (unpaired) electrons. The lowest BCUT2D eigenvalue weighted by Crippen LogP contribution is -2.37. The van der Waals surface area contributed by atoms with Crippen LogP contribution >= 0.6 is 11.3 Å². The monoisotopic (exact) mass is 460 g/mol. The summed E-state index contributed by atoms with van der Waals surface area (Å²) >= 11 is 1.51. The number of H-pyrrole nitrogens is 1. The zero-order valence-corrected chi connectivity index (χ0v) is 18.9. The highest BCUT2D eigenvalue weighted by atomic mass is 32.1. The Kier molecular flexibility index (Phi) is 4.98. The van der Waals surface area contributed by atoms with Gasteiger partial charge in [0.05, 0.1) is 18.7 Å². The second-order valence-electron chi connectivity index (χ2n) is 8.73. The van der Waals surface area contributed by atoms with Gasteiger partial charge in [0.25, 0.3) is 11.8 Å². The molecule has 1 saturated carbocycles. The first-order chi connectivity index (χ1) is 16.2. The molecular formula is C24H24N6O2S. The van der Waals surface area contributed by atoms with Crippen LogP contribution in [0, 0.1) is 5.92 Å². The van der Waals surface area contributed by atoms with E-state index in [0.29, 0.717) is 43.2 Å². The topological polar surface area (TPSA) is 95.9 Å². The maximum atomic E-state index is 13.4. The molecule has 9 heteroatoms. The fourth-order valence-electron chi connectivity index (χ4n) is 4.54. The number of hydrogen-bond donors (Lipinski definition) is 2. The van der Waals surface area contributed by atoms with E-state index in [0.717, 1.165) is 33.7 Å². The average molecular weight is 461 g/mol. The molecule has 33 heavy (non-hydrogen) atoms. The standard InChI is InChI=1S/C24H24N6O2S/c31-23(27-12-21-25-8-10-33-21)22-18-14-29(9-7-20(18)30(28-22)13-15-5-6-15)24(32)17-11-26-19-4-2-1-3-16(17)19/h1-4,8,10-11,15,26H,5-7,9,12-14H2,(H,27,31). The van der Waals surface area contributed by atoms with E-state index in [2.05, 4.69) is 15.3 Å². The highest BCUT2D eigenvalue weighted by molar-refractivity contribution is 7.09. The summed E-state index contributed by atoms with van der Waals surface area (Å²) < 4.78 is 2.01. The number of aromatic amines is 1. The minimum atomic E-state index is -0.211. The van der Waals surface area contributed by atoms with Gasteiger partial charge in [-0.3, -0.25) is 14.3 Å². The Morgan fingerprint density at radius 2 is 2.12 bits per heavy atom. The van der Waals surface area contributed by atoms with Crippen molar-refractivity contribution in [3.8, 4) is 0 Å². The van der Waals surface area contributed by atoms with Gasteiger partial charge in [-0.05, 0) is 24.8 Å². The molecular weight excluding hydrogens is 436 g/mol. The van der Waals surface area contributed by atoms with Crippen LogP contribution in [-0.2, 0) is 26.1 Å². The number of carbonyl (C=O) groups is 2. The van der Waals surface area contributed by atoms with E-state index in [1.165, 1.54) is 24.2 Å². The largest absolute Gasteiger partial charge is 0.360 e. The molecule has 6 rings (SSSR count). The van der Waals surface area contributed by atoms with Crippen LogP contribution in [0.1, 0.15) is 50.0 Å². The third-order valence-corrected chi connectivity index (χ3v) is 7.25. The molecule has 8 nitrogen and oxygen atoms in total. The van der Waals surface area contributed by atoms with Gasteiger partial charge in [-0.15, -0.1) is 11.3 Å². The lowest BCUT2D eigenvalue weighted by atomic mass is 10.0. The van der Waals surface area contributed by atoms with Crippen LogP contribution < -0.4 is 5.32 Å². The molecule has 0 atom stereocenters. The number of fused-ring (bicyclic) bond motifs is 2. The summed E-state index contributed by atoms with van der Waals surface area (Å²) in [6.07, 6.45) is 6.63. The first-order valence-electron chi connectivity index (χ1n) is 11.3. The summed E-state index contributed by atoms with van der Waals surface area (Å²) in [5, 5.41) is 11.3. The van der Waals surface area contributed by atoms with Crippen molar-refractivity contribution < 1.29 is 9.59 Å². The summed E-state index contributed by atoms with van der Waals surface area (Å²) in [7, 11) is 0. The van der Waals surface area contributed by atoms with Crippen LogP contribution in [0.3, 0.4) is 0 Å². The number of carbonyl (C=O) groups excluding carboxylic acids is 2. The highest BCUT2D eigenvalue weighted by Crippen LogP contribution is 2.33. The number of amides is 2. The van der Waals surface area contributed by atoms with Crippen molar-refractivity contribution in [3.63, 3.8) is 0 Å². The molecule has 0 spiro atoms. The number of nitrogens with one attached hydrogen (secondary N) is 2. The van der Waals surface area contributed by atoms with E-state index in [1.54, 1.807) is 12.4 Å². The van der Waals surface area contributed by atoms with Crippen molar-refractivity contribution in [2.45, 2.75) is 38.9 Å². The van der Waals surface area contributed by atoms with E-state index in [9.17, 15) is 9.59 Å². The van der Waals surface area contributed by atoms with Crippen LogP contribution in [0.15, 0.2) is 42.0 Å². The molecule has 0 saturated heterocycles. The summed E-state index contributed by atoms with van der Waals surface area (Å²) in [6, 6.07) is 7.81. The smallest absolute Gasteiger partial charge is 0.272 e. The van der Waals surface area contributed by atoms with Crippen molar-refractivity contribution in [2.24, 2.45) is 5.92 Å². The highest BCUT2D eigenvalue weighted by Gasteiger charge is 2.33. The Balaban J connectivity index is 1.28. The minimum absolute atomic E-state index is 0.0258. The molecule has 2 aliphatic rings. The van der Waals surface area contributed by atoms with Gasteiger partial charge in [0.2, 0.25) is 0 Å². The van der Waals surface area contributed by atoms with Gasteiger partial charge >= 0.3 is 0 Å². The first kappa shape index (κ1) is 20.2. The van der Waals surface area contributed by atoms with Gasteiger partial charge in [0.1, 0.15) is 5.01 Å². The Bertz CT molecular complexity index is 1330. The van der Waals surface area contributed by atoms with Gasteiger partial charge in [-0.25, -0.2) is 4.98 Å². The molecule has 2 N–H and O–H groups in total. The van der Waals surface area contributed by atoms with E-state index in [1.807, 2.05) is 39.2 Å². The Morgan fingerprint density at radius 1 is 1.24 bits per heavy atom. The number of rotatable bonds is 6. The van der Waals surface area contributed by atoms with Crippen LogP contribution in [0.4, 0.5) is 0 Å². The average Bonchev–Trinajstić information content (AvgIpc) is 3.23. The van der Waals surface area contributed by atoms with Crippen molar-refractivity contribution >= 4 is 34.1 Å². The van der Waals surface area contributed by atoms with Crippen molar-refractivity contribution in [2.75, 3.05) is 6.54 Å². The maximum absolute atomic E-state index is 13.4. The molecule has 1 fully saturated rings. The fraction of sp³-hybridized carbons (Fsp3) is 0.333. The normalized spacial score (nSPS) is 15.6. The summed E-state index contributed by atoms with van der Waals surface area (Å²) in [5.74, 6) is 0.408. The molecule has 1 aliphatic heterocycles.